The largest absolute Gasteiger partial charge is 1.00 e. The van der Waals surface area contributed by atoms with E-state index in [-0.39, 0.29) is 31.0 Å². The third-order valence-electron chi connectivity index (χ3n) is 1.38. The van der Waals surface area contributed by atoms with Crippen LogP contribution in [0.4, 0.5) is 0 Å². The third kappa shape index (κ3) is 11.5. The van der Waals surface area contributed by atoms with Crippen LogP contribution in [0, 0.1) is 0 Å². The molecule has 0 aliphatic rings. The second-order valence-corrected chi connectivity index (χ2v) is 2.51. The van der Waals surface area contributed by atoms with Gasteiger partial charge in [0.2, 0.25) is 0 Å². The fourth-order valence-corrected chi connectivity index (χ4v) is 0.801. The fraction of sp³-hybridized carbons (Fsp3) is 0.875. The molecule has 0 aromatic carbocycles. The first-order chi connectivity index (χ1) is 4.27. The zero-order valence-corrected chi connectivity index (χ0v) is 9.44. The van der Waals surface area contributed by atoms with Crippen molar-refractivity contribution >= 4 is 5.78 Å². The molecule has 0 aromatic heterocycles. The van der Waals surface area contributed by atoms with Crippen LogP contribution in [-0.4, -0.2) is 5.78 Å². The van der Waals surface area contributed by atoms with Crippen molar-refractivity contribution in [3.05, 3.63) is 0 Å². The van der Waals surface area contributed by atoms with Crippen molar-refractivity contribution in [2.75, 3.05) is 0 Å². The molecule has 0 atom stereocenters. The molecule has 0 aliphatic carbocycles. The molecule has 0 aliphatic heterocycles. The summed E-state index contributed by atoms with van der Waals surface area (Å²) in [4.78, 5) is 10.4. The molecule has 0 rings (SSSR count). The molecule has 0 saturated heterocycles. The van der Waals surface area contributed by atoms with E-state index < -0.39 is 0 Å². The van der Waals surface area contributed by atoms with E-state index in [0.29, 0.717) is 5.78 Å². The summed E-state index contributed by atoms with van der Waals surface area (Å²) in [5.74, 6) is 0.325. The van der Waals surface area contributed by atoms with Crippen LogP contribution in [0.2, 0.25) is 0 Å². The molecule has 10 heavy (non-hydrogen) atoms. The summed E-state index contributed by atoms with van der Waals surface area (Å²) in [6.07, 6.45) is 5.60. The number of ketones is 1. The monoisotopic (exact) mass is 152 g/mol. The van der Waals surface area contributed by atoms with Gasteiger partial charge in [-0.25, -0.2) is 0 Å². The van der Waals surface area contributed by atoms with E-state index >= 15 is 0 Å². The van der Waals surface area contributed by atoms with Gasteiger partial charge in [-0.2, -0.15) is 0 Å². The normalized spacial score (nSPS) is 8.60. The van der Waals surface area contributed by atoms with Crippen molar-refractivity contribution in [3.63, 3.8) is 0 Å². The maximum Gasteiger partial charge on any atom is 1.00 e. The van der Waals surface area contributed by atoms with Crippen molar-refractivity contribution in [1.82, 2.24) is 0 Å². The average molecular weight is 152 g/mol. The van der Waals surface area contributed by atoms with Gasteiger partial charge in [0.15, 0.2) is 0 Å². The van der Waals surface area contributed by atoms with Crippen LogP contribution in [0.5, 0.6) is 0 Å². The van der Waals surface area contributed by atoms with Gasteiger partial charge in [-0.15, -0.1) is 0 Å². The Hall–Kier alpha value is 0.670. The first-order valence-electron chi connectivity index (χ1n) is 3.76. The number of Topliss-reactive ketones (excluding diaryl/α,β-unsaturated/α-hetero) is 1. The van der Waals surface area contributed by atoms with Crippen molar-refractivity contribution in [1.29, 1.82) is 0 Å². The van der Waals surface area contributed by atoms with Gasteiger partial charge in [-0.05, 0) is 13.3 Å². The van der Waals surface area contributed by atoms with E-state index in [2.05, 4.69) is 6.92 Å². The summed E-state index contributed by atoms with van der Waals surface area (Å²) < 4.78 is 0. The van der Waals surface area contributed by atoms with E-state index in [9.17, 15) is 4.79 Å². The van der Waals surface area contributed by atoms with E-state index in [0.717, 1.165) is 12.8 Å². The number of hydrogen-bond acceptors (Lipinski definition) is 1. The van der Waals surface area contributed by atoms with Gasteiger partial charge in [-0.3, -0.25) is 0 Å². The van der Waals surface area contributed by atoms with Crippen LogP contribution in [-0.2, 0) is 4.79 Å². The summed E-state index contributed by atoms with van der Waals surface area (Å²) >= 11 is 0. The molecule has 0 saturated carbocycles. The fourth-order valence-electron chi connectivity index (χ4n) is 0.801. The molecular weight excluding hydrogens is 135 g/mol. The maximum absolute atomic E-state index is 10.4. The third-order valence-corrected chi connectivity index (χ3v) is 1.38. The molecule has 0 spiro atoms. The first-order valence-corrected chi connectivity index (χ1v) is 3.76. The molecule has 0 radical (unpaired) electrons. The van der Waals surface area contributed by atoms with Gasteiger partial charge in [0.25, 0.3) is 0 Å². The Bertz CT molecular complexity index is 86.2. The summed E-state index contributed by atoms with van der Waals surface area (Å²) in [6.45, 7) is 3.83. The van der Waals surface area contributed by atoms with Gasteiger partial charge in [0.1, 0.15) is 5.78 Å². The zero-order valence-electron chi connectivity index (χ0n) is 8.44. The minimum atomic E-state index is 0. The van der Waals surface area contributed by atoms with Crippen LogP contribution in [0.1, 0.15) is 47.4 Å². The Kier molecular flexibility index (Phi) is 12.8. The van der Waals surface area contributed by atoms with Crippen LogP contribution < -0.4 is 29.6 Å². The van der Waals surface area contributed by atoms with E-state index in [4.69, 9.17) is 0 Å². The van der Waals surface area contributed by atoms with E-state index in [1.807, 2.05) is 0 Å². The topological polar surface area (TPSA) is 17.1 Å². The van der Waals surface area contributed by atoms with Crippen molar-refractivity contribution in [3.8, 4) is 0 Å². The second-order valence-electron chi connectivity index (χ2n) is 2.51. The molecule has 0 aromatic rings. The van der Waals surface area contributed by atoms with E-state index in [1.54, 1.807) is 6.92 Å². The average Bonchev–Trinajstić information content (AvgIpc) is 1.80. The van der Waals surface area contributed by atoms with Gasteiger partial charge in [0, 0.05) is 6.42 Å². The Morgan fingerprint density at radius 1 is 1.30 bits per heavy atom. The number of carbonyl (C=O) groups is 1. The molecule has 1 nitrogen and oxygen atoms in total. The summed E-state index contributed by atoms with van der Waals surface area (Å²) in [7, 11) is 0. The van der Waals surface area contributed by atoms with Crippen molar-refractivity contribution in [2.45, 2.75) is 46.0 Å². The zero-order chi connectivity index (χ0) is 7.11. The summed E-state index contributed by atoms with van der Waals surface area (Å²) in [5, 5.41) is 0. The predicted octanol–water partition coefficient (Wildman–Crippen LogP) is -0.338. The quantitative estimate of drug-likeness (QED) is 0.389. The SMILES string of the molecule is CCCCCCC(C)=O.[H-].[Na+]. The van der Waals surface area contributed by atoms with Crippen LogP contribution in [0.3, 0.4) is 0 Å². The number of hydrogen-bond donors (Lipinski definition) is 0. The Morgan fingerprint density at radius 3 is 2.30 bits per heavy atom. The molecule has 2 heteroatoms. The summed E-state index contributed by atoms with van der Waals surface area (Å²) in [6, 6.07) is 0. The molecule has 0 N–H and O–H groups in total. The Morgan fingerprint density at radius 2 is 1.90 bits per heavy atom. The van der Waals surface area contributed by atoms with Crippen molar-refractivity contribution in [2.24, 2.45) is 0 Å². The molecule has 0 bridgehead atoms. The molecule has 0 fully saturated rings. The smallest absolute Gasteiger partial charge is 1.00 e. The number of rotatable bonds is 5. The van der Waals surface area contributed by atoms with Gasteiger partial charge in [-0.1, -0.05) is 26.2 Å². The van der Waals surface area contributed by atoms with Crippen LogP contribution in [0.25, 0.3) is 0 Å². The molecule has 0 heterocycles. The van der Waals surface area contributed by atoms with Gasteiger partial charge >= 0.3 is 29.6 Å². The minimum absolute atomic E-state index is 0. The van der Waals surface area contributed by atoms with Gasteiger partial charge in [0.05, 0.1) is 0 Å². The molecule has 56 valence electrons. The second kappa shape index (κ2) is 9.67. The van der Waals surface area contributed by atoms with Crippen LogP contribution in [0.15, 0.2) is 0 Å². The number of unbranched alkanes of at least 4 members (excludes halogenated alkanes) is 3. The van der Waals surface area contributed by atoms with Gasteiger partial charge < -0.3 is 6.22 Å². The van der Waals surface area contributed by atoms with Crippen LogP contribution >= 0.6 is 0 Å². The Labute approximate surface area is 87.4 Å². The predicted molar refractivity (Wildman–Crippen MR) is 40.6 cm³/mol. The summed E-state index contributed by atoms with van der Waals surface area (Å²) in [5.41, 5.74) is 0. The number of carbonyl (C=O) groups excluding carboxylic acids is 1. The Balaban J connectivity index is -0.000000320. The maximum atomic E-state index is 10.4. The van der Waals surface area contributed by atoms with Crippen molar-refractivity contribution < 1.29 is 35.8 Å². The molecular formula is C8H17NaO. The molecule has 0 unspecified atom stereocenters. The standard InChI is InChI=1S/C8H16O.Na.H/c1-3-4-5-6-7-8(2)9;;/h3-7H2,1-2H3;;/q;+1;-1. The molecule has 0 amide bonds. The first kappa shape index (κ1) is 13.3. The van der Waals surface area contributed by atoms with E-state index in [1.165, 1.54) is 19.3 Å². The minimum Gasteiger partial charge on any atom is -1.00 e.